The molecular formula is C20H14BrNO2. The predicted octanol–water partition coefficient (Wildman–Crippen LogP) is 4.49. The smallest absolute Gasteiger partial charge is 0.194 e. The van der Waals surface area contributed by atoms with Crippen LogP contribution in [0.25, 0.3) is 0 Å². The lowest BCUT2D eigenvalue weighted by Gasteiger charge is -2.17. The molecule has 3 aromatic rings. The summed E-state index contributed by atoms with van der Waals surface area (Å²) < 4.78 is 0.803. The molecule has 4 heteroatoms. The van der Waals surface area contributed by atoms with Gasteiger partial charge in [-0.1, -0.05) is 58.4 Å². The fraction of sp³-hybridized carbons (Fsp3) is 0. The predicted molar refractivity (Wildman–Crippen MR) is 98.3 cm³/mol. The molecular weight excluding hydrogens is 366 g/mol. The number of nitrogen functional groups attached to an aromatic ring is 1. The van der Waals surface area contributed by atoms with E-state index in [2.05, 4.69) is 15.9 Å². The van der Waals surface area contributed by atoms with Gasteiger partial charge in [0.25, 0.3) is 0 Å². The molecule has 3 aromatic carbocycles. The highest BCUT2D eigenvalue weighted by Crippen LogP contribution is 2.28. The van der Waals surface area contributed by atoms with E-state index >= 15 is 0 Å². The van der Waals surface area contributed by atoms with Crippen LogP contribution in [0.1, 0.15) is 31.8 Å². The summed E-state index contributed by atoms with van der Waals surface area (Å²) in [7, 11) is 0. The summed E-state index contributed by atoms with van der Waals surface area (Å²) in [5, 5.41) is 0. The van der Waals surface area contributed by atoms with Gasteiger partial charge in [0.1, 0.15) is 0 Å². The Morgan fingerprint density at radius 1 is 0.625 bits per heavy atom. The second kappa shape index (κ2) is 6.81. The van der Waals surface area contributed by atoms with Crippen molar-refractivity contribution in [3.05, 3.63) is 99.5 Å². The summed E-state index contributed by atoms with van der Waals surface area (Å²) in [4.78, 5) is 24.4. The first-order chi connectivity index (χ1) is 11.6. The highest BCUT2D eigenvalue weighted by molar-refractivity contribution is 9.10. The van der Waals surface area contributed by atoms with Crippen molar-refractivity contribution in [1.29, 1.82) is 0 Å². The first-order valence-corrected chi connectivity index (χ1v) is 8.15. The molecule has 0 amide bonds. The highest BCUT2D eigenvalue weighted by Gasteiger charge is 2.28. The molecule has 2 N–H and O–H groups in total. The fourth-order valence-corrected chi connectivity index (χ4v) is 2.89. The molecule has 0 heterocycles. The van der Waals surface area contributed by atoms with Crippen LogP contribution in [0.4, 0.5) is 5.69 Å². The van der Waals surface area contributed by atoms with E-state index in [-0.39, 0.29) is 11.6 Å². The van der Waals surface area contributed by atoms with Gasteiger partial charge in [-0.25, -0.2) is 0 Å². The molecule has 3 nitrogen and oxygen atoms in total. The Balaban J connectivity index is 0.000000203. The number of halogens is 1. The Labute approximate surface area is 148 Å². The average molecular weight is 380 g/mol. The van der Waals surface area contributed by atoms with Crippen molar-refractivity contribution in [1.82, 2.24) is 0 Å². The molecule has 0 fully saturated rings. The maximum absolute atomic E-state index is 12.2. The van der Waals surface area contributed by atoms with Crippen LogP contribution in [0.15, 0.2) is 77.3 Å². The Kier molecular flexibility index (Phi) is 4.58. The van der Waals surface area contributed by atoms with E-state index in [4.69, 9.17) is 5.73 Å². The van der Waals surface area contributed by atoms with Crippen molar-refractivity contribution >= 4 is 33.2 Å². The molecule has 0 aliphatic heterocycles. The van der Waals surface area contributed by atoms with Gasteiger partial charge in [0.2, 0.25) is 0 Å². The van der Waals surface area contributed by atoms with Gasteiger partial charge in [0.15, 0.2) is 11.6 Å². The van der Waals surface area contributed by atoms with Gasteiger partial charge >= 0.3 is 0 Å². The Bertz CT molecular complexity index is 920. The third-order valence-electron chi connectivity index (χ3n) is 3.69. The van der Waals surface area contributed by atoms with Crippen molar-refractivity contribution in [2.24, 2.45) is 0 Å². The molecule has 4 rings (SSSR count). The average Bonchev–Trinajstić information content (AvgIpc) is 2.61. The minimum Gasteiger partial charge on any atom is -0.399 e. The van der Waals surface area contributed by atoms with Crippen LogP contribution >= 0.6 is 15.9 Å². The number of nitrogens with two attached hydrogens (primary N) is 1. The number of fused-ring (bicyclic) bond motifs is 2. The van der Waals surface area contributed by atoms with E-state index in [1.165, 1.54) is 0 Å². The number of para-hydroxylation sites is 1. The maximum atomic E-state index is 12.2. The molecule has 0 bridgehead atoms. The first-order valence-electron chi connectivity index (χ1n) is 7.36. The Morgan fingerprint density at radius 2 is 1.12 bits per heavy atom. The number of hydrogen-bond donors (Lipinski definition) is 1. The minimum absolute atomic E-state index is 0.0808. The zero-order valence-electron chi connectivity index (χ0n) is 12.7. The monoisotopic (exact) mass is 379 g/mol. The number of ketones is 2. The van der Waals surface area contributed by atoms with Crippen molar-refractivity contribution in [2.75, 3.05) is 5.73 Å². The van der Waals surface area contributed by atoms with Gasteiger partial charge in [-0.15, -0.1) is 0 Å². The second-order valence-corrected chi connectivity index (χ2v) is 6.22. The lowest BCUT2D eigenvalue weighted by molar-refractivity contribution is 0.0979. The quantitative estimate of drug-likeness (QED) is 0.457. The van der Waals surface area contributed by atoms with Crippen LogP contribution in [0.3, 0.4) is 0 Å². The largest absolute Gasteiger partial charge is 0.399 e. The number of benzene rings is 3. The third kappa shape index (κ3) is 3.14. The SMILES string of the molecule is Nc1ccccc1.O=C1c2ccccc2C(=O)c2cc(Br)ccc21. The van der Waals surface area contributed by atoms with E-state index in [0.29, 0.717) is 22.3 Å². The summed E-state index contributed by atoms with van der Waals surface area (Å²) in [6, 6.07) is 21.6. The Morgan fingerprint density at radius 3 is 1.67 bits per heavy atom. The van der Waals surface area contributed by atoms with Crippen molar-refractivity contribution < 1.29 is 9.59 Å². The van der Waals surface area contributed by atoms with E-state index < -0.39 is 0 Å². The number of rotatable bonds is 0. The number of carbonyl (C=O) groups excluding carboxylic acids is 2. The van der Waals surface area contributed by atoms with Gasteiger partial charge in [-0.3, -0.25) is 9.59 Å². The topological polar surface area (TPSA) is 60.2 Å². The normalized spacial score (nSPS) is 11.9. The van der Waals surface area contributed by atoms with Crippen LogP contribution < -0.4 is 5.73 Å². The summed E-state index contributed by atoms with van der Waals surface area (Å²) >= 11 is 3.31. The molecule has 0 unspecified atom stereocenters. The van der Waals surface area contributed by atoms with Gasteiger partial charge in [-0.05, 0) is 30.3 Å². The summed E-state index contributed by atoms with van der Waals surface area (Å²) in [6.45, 7) is 0. The minimum atomic E-state index is -0.0866. The number of hydrogen-bond acceptors (Lipinski definition) is 3. The van der Waals surface area contributed by atoms with Crippen molar-refractivity contribution in [2.45, 2.75) is 0 Å². The zero-order chi connectivity index (χ0) is 17.1. The van der Waals surface area contributed by atoms with Gasteiger partial charge in [0.05, 0.1) is 0 Å². The molecule has 1 aliphatic rings. The standard InChI is InChI=1S/C14H7BrO2.C6H7N/c15-8-5-6-11-12(7-8)14(17)10-4-2-1-3-9(10)13(11)16;7-6-4-2-1-3-5-6/h1-7H;1-5H,7H2. The second-order valence-electron chi connectivity index (χ2n) is 5.30. The fourth-order valence-electron chi connectivity index (χ4n) is 2.52. The summed E-state index contributed by atoms with van der Waals surface area (Å²) in [5.74, 6) is -0.167. The molecule has 0 aromatic heterocycles. The molecule has 0 radical (unpaired) electrons. The van der Waals surface area contributed by atoms with E-state index in [0.717, 1.165) is 10.2 Å². The molecule has 0 atom stereocenters. The summed E-state index contributed by atoms with van der Waals surface area (Å²) in [5.41, 5.74) is 8.12. The van der Waals surface area contributed by atoms with Crippen LogP contribution in [-0.2, 0) is 0 Å². The van der Waals surface area contributed by atoms with E-state index in [1.807, 2.05) is 30.3 Å². The van der Waals surface area contributed by atoms with Crippen molar-refractivity contribution in [3.63, 3.8) is 0 Å². The number of carbonyl (C=O) groups is 2. The van der Waals surface area contributed by atoms with Gasteiger partial charge < -0.3 is 5.73 Å². The zero-order valence-corrected chi connectivity index (χ0v) is 14.3. The molecule has 0 spiro atoms. The van der Waals surface area contributed by atoms with Crippen LogP contribution in [0.5, 0.6) is 0 Å². The third-order valence-corrected chi connectivity index (χ3v) is 4.18. The lowest BCUT2D eigenvalue weighted by atomic mass is 9.84. The Hall–Kier alpha value is -2.72. The first kappa shape index (κ1) is 16.1. The maximum Gasteiger partial charge on any atom is 0.194 e. The van der Waals surface area contributed by atoms with E-state index in [9.17, 15) is 9.59 Å². The summed E-state index contributed by atoms with van der Waals surface area (Å²) in [6.07, 6.45) is 0. The molecule has 24 heavy (non-hydrogen) atoms. The molecule has 0 saturated carbocycles. The highest BCUT2D eigenvalue weighted by atomic mass is 79.9. The van der Waals surface area contributed by atoms with Gasteiger partial charge in [-0.2, -0.15) is 0 Å². The molecule has 1 aliphatic carbocycles. The molecule has 118 valence electrons. The number of anilines is 1. The molecule has 0 saturated heterocycles. The van der Waals surface area contributed by atoms with Crippen LogP contribution in [0, 0.1) is 0 Å². The van der Waals surface area contributed by atoms with E-state index in [1.54, 1.807) is 42.5 Å². The lowest BCUT2D eigenvalue weighted by Crippen LogP contribution is -2.20. The van der Waals surface area contributed by atoms with Crippen LogP contribution in [-0.4, -0.2) is 11.6 Å². The van der Waals surface area contributed by atoms with Gasteiger partial charge in [0, 0.05) is 32.4 Å². The van der Waals surface area contributed by atoms with Crippen molar-refractivity contribution in [3.8, 4) is 0 Å². The van der Waals surface area contributed by atoms with Crippen LogP contribution in [0.2, 0.25) is 0 Å².